The zero-order chi connectivity index (χ0) is 14.4. The van der Waals surface area contributed by atoms with Gasteiger partial charge in [-0.1, -0.05) is 48.0 Å². The minimum absolute atomic E-state index is 0.0169. The third-order valence-corrected chi connectivity index (χ3v) is 3.44. The SMILES string of the molecule is CN(C(=O)CNCc1ccccc1Cl)c1ccccc1. The maximum atomic E-state index is 12.0. The first kappa shape index (κ1) is 14.6. The molecule has 0 heterocycles. The Morgan fingerprint density at radius 2 is 1.75 bits per heavy atom. The minimum Gasteiger partial charge on any atom is -0.314 e. The van der Waals surface area contributed by atoms with Gasteiger partial charge < -0.3 is 10.2 Å². The van der Waals surface area contributed by atoms with Crippen molar-refractivity contribution in [2.45, 2.75) is 6.54 Å². The summed E-state index contributed by atoms with van der Waals surface area (Å²) in [5.74, 6) is 0.0169. The molecule has 0 aliphatic heterocycles. The van der Waals surface area contributed by atoms with Crippen LogP contribution in [0.2, 0.25) is 5.02 Å². The molecule has 0 atom stereocenters. The number of carbonyl (C=O) groups excluding carboxylic acids is 1. The highest BCUT2D eigenvalue weighted by atomic mass is 35.5. The molecule has 104 valence electrons. The van der Waals surface area contributed by atoms with Crippen molar-refractivity contribution in [2.24, 2.45) is 0 Å². The van der Waals surface area contributed by atoms with Crippen molar-refractivity contribution in [2.75, 3.05) is 18.5 Å². The van der Waals surface area contributed by atoms with Gasteiger partial charge >= 0.3 is 0 Å². The quantitative estimate of drug-likeness (QED) is 0.917. The number of para-hydroxylation sites is 1. The van der Waals surface area contributed by atoms with Crippen molar-refractivity contribution in [3.63, 3.8) is 0 Å². The van der Waals surface area contributed by atoms with E-state index < -0.39 is 0 Å². The number of hydrogen-bond acceptors (Lipinski definition) is 2. The number of nitrogens with one attached hydrogen (secondary N) is 1. The van der Waals surface area contributed by atoms with Gasteiger partial charge in [-0.15, -0.1) is 0 Å². The van der Waals surface area contributed by atoms with Crippen LogP contribution in [0.3, 0.4) is 0 Å². The molecule has 0 aromatic heterocycles. The molecule has 3 nitrogen and oxygen atoms in total. The Morgan fingerprint density at radius 1 is 1.10 bits per heavy atom. The van der Waals surface area contributed by atoms with Crippen LogP contribution in [0.4, 0.5) is 5.69 Å². The molecule has 0 radical (unpaired) electrons. The first-order valence-corrected chi connectivity index (χ1v) is 6.82. The Morgan fingerprint density at radius 3 is 2.45 bits per heavy atom. The van der Waals surface area contributed by atoms with E-state index in [1.54, 1.807) is 11.9 Å². The zero-order valence-corrected chi connectivity index (χ0v) is 12.1. The van der Waals surface area contributed by atoms with E-state index in [2.05, 4.69) is 5.32 Å². The topological polar surface area (TPSA) is 32.3 Å². The van der Waals surface area contributed by atoms with Crippen LogP contribution in [0.5, 0.6) is 0 Å². The molecular formula is C16H17ClN2O. The number of halogens is 1. The van der Waals surface area contributed by atoms with E-state index in [0.717, 1.165) is 11.3 Å². The number of anilines is 1. The van der Waals surface area contributed by atoms with Crippen molar-refractivity contribution in [3.8, 4) is 0 Å². The summed E-state index contributed by atoms with van der Waals surface area (Å²) in [6.45, 7) is 0.852. The largest absolute Gasteiger partial charge is 0.314 e. The standard InChI is InChI=1S/C16H17ClN2O/c1-19(14-8-3-2-4-9-14)16(20)12-18-11-13-7-5-6-10-15(13)17/h2-10,18H,11-12H2,1H3. The molecule has 1 N–H and O–H groups in total. The van der Waals surface area contributed by atoms with Crippen LogP contribution >= 0.6 is 11.6 Å². The van der Waals surface area contributed by atoms with Crippen LogP contribution in [0.25, 0.3) is 0 Å². The summed E-state index contributed by atoms with van der Waals surface area (Å²) in [6.07, 6.45) is 0. The predicted octanol–water partition coefficient (Wildman–Crippen LogP) is 3.09. The number of carbonyl (C=O) groups is 1. The van der Waals surface area contributed by atoms with Crippen molar-refractivity contribution in [3.05, 3.63) is 65.2 Å². The molecule has 0 spiro atoms. The van der Waals surface area contributed by atoms with Crippen LogP contribution < -0.4 is 10.2 Å². The van der Waals surface area contributed by atoms with Crippen LogP contribution in [0.1, 0.15) is 5.56 Å². The fourth-order valence-electron chi connectivity index (χ4n) is 1.86. The molecule has 2 aromatic rings. The lowest BCUT2D eigenvalue weighted by molar-refractivity contribution is -0.117. The third-order valence-electron chi connectivity index (χ3n) is 3.07. The normalized spacial score (nSPS) is 10.3. The van der Waals surface area contributed by atoms with Gasteiger partial charge in [-0.25, -0.2) is 0 Å². The van der Waals surface area contributed by atoms with Crippen LogP contribution in [0, 0.1) is 0 Å². The van der Waals surface area contributed by atoms with E-state index in [9.17, 15) is 4.79 Å². The number of benzene rings is 2. The maximum absolute atomic E-state index is 12.0. The second-order valence-electron chi connectivity index (χ2n) is 4.48. The van der Waals surface area contributed by atoms with Gasteiger partial charge in [0.05, 0.1) is 6.54 Å². The molecular weight excluding hydrogens is 272 g/mol. The number of likely N-dealkylation sites (N-methyl/N-ethyl adjacent to an activating group) is 1. The van der Waals surface area contributed by atoms with Crippen molar-refractivity contribution in [1.29, 1.82) is 0 Å². The summed E-state index contributed by atoms with van der Waals surface area (Å²) in [5, 5.41) is 3.83. The zero-order valence-electron chi connectivity index (χ0n) is 11.3. The van der Waals surface area contributed by atoms with Gasteiger partial charge in [-0.2, -0.15) is 0 Å². The lowest BCUT2D eigenvalue weighted by Gasteiger charge is -2.17. The molecule has 2 rings (SSSR count). The summed E-state index contributed by atoms with van der Waals surface area (Å²) in [6, 6.07) is 17.2. The van der Waals surface area contributed by atoms with Crippen molar-refractivity contribution >= 4 is 23.2 Å². The molecule has 1 amide bonds. The summed E-state index contributed by atoms with van der Waals surface area (Å²) in [7, 11) is 1.77. The van der Waals surface area contributed by atoms with Crippen LogP contribution in [-0.2, 0) is 11.3 Å². The Bertz CT molecular complexity index is 572. The summed E-state index contributed by atoms with van der Waals surface area (Å²) in [4.78, 5) is 13.7. The fraction of sp³-hybridized carbons (Fsp3) is 0.188. The van der Waals surface area contributed by atoms with Crippen molar-refractivity contribution < 1.29 is 4.79 Å². The van der Waals surface area contributed by atoms with Gasteiger partial charge in [0.15, 0.2) is 0 Å². The molecule has 0 unspecified atom stereocenters. The Kier molecular flexibility index (Phi) is 5.16. The minimum atomic E-state index is 0.0169. The smallest absolute Gasteiger partial charge is 0.240 e. The maximum Gasteiger partial charge on any atom is 0.240 e. The van der Waals surface area contributed by atoms with Crippen LogP contribution in [-0.4, -0.2) is 19.5 Å². The number of amides is 1. The first-order chi connectivity index (χ1) is 9.68. The molecule has 0 bridgehead atoms. The lowest BCUT2D eigenvalue weighted by atomic mass is 10.2. The highest BCUT2D eigenvalue weighted by Crippen LogP contribution is 2.14. The summed E-state index contributed by atoms with van der Waals surface area (Å²) in [5.41, 5.74) is 1.88. The highest BCUT2D eigenvalue weighted by Gasteiger charge is 2.09. The molecule has 0 saturated heterocycles. The summed E-state index contributed by atoms with van der Waals surface area (Å²) >= 11 is 6.06. The van der Waals surface area contributed by atoms with Crippen LogP contribution in [0.15, 0.2) is 54.6 Å². The first-order valence-electron chi connectivity index (χ1n) is 6.44. The monoisotopic (exact) mass is 288 g/mol. The lowest BCUT2D eigenvalue weighted by Crippen LogP contribution is -2.35. The molecule has 0 fully saturated rings. The van der Waals surface area contributed by atoms with Gasteiger partial charge in [0, 0.05) is 24.3 Å². The van der Waals surface area contributed by atoms with Crippen molar-refractivity contribution in [1.82, 2.24) is 5.32 Å². The molecule has 2 aromatic carbocycles. The van der Waals surface area contributed by atoms with E-state index in [1.807, 2.05) is 54.6 Å². The molecule has 0 saturated carbocycles. The Balaban J connectivity index is 1.85. The van der Waals surface area contributed by atoms with E-state index >= 15 is 0 Å². The van der Waals surface area contributed by atoms with E-state index in [1.165, 1.54) is 0 Å². The van der Waals surface area contributed by atoms with E-state index in [-0.39, 0.29) is 12.5 Å². The molecule has 20 heavy (non-hydrogen) atoms. The average Bonchev–Trinajstić information content (AvgIpc) is 2.49. The fourth-order valence-corrected chi connectivity index (χ4v) is 2.06. The van der Waals surface area contributed by atoms with E-state index in [4.69, 9.17) is 11.6 Å². The second kappa shape index (κ2) is 7.08. The van der Waals surface area contributed by atoms with Gasteiger partial charge in [-0.3, -0.25) is 4.79 Å². The number of nitrogens with zero attached hydrogens (tertiary/aromatic N) is 1. The number of rotatable bonds is 5. The van der Waals surface area contributed by atoms with Gasteiger partial charge in [0.25, 0.3) is 0 Å². The summed E-state index contributed by atoms with van der Waals surface area (Å²) < 4.78 is 0. The Labute approximate surface area is 124 Å². The van der Waals surface area contributed by atoms with Gasteiger partial charge in [0.2, 0.25) is 5.91 Å². The average molecular weight is 289 g/mol. The van der Waals surface area contributed by atoms with E-state index in [0.29, 0.717) is 11.6 Å². The molecule has 0 aliphatic carbocycles. The predicted molar refractivity (Wildman–Crippen MR) is 83.0 cm³/mol. The molecule has 4 heteroatoms. The second-order valence-corrected chi connectivity index (χ2v) is 4.89. The highest BCUT2D eigenvalue weighted by molar-refractivity contribution is 6.31. The molecule has 0 aliphatic rings. The third kappa shape index (κ3) is 3.83. The van der Waals surface area contributed by atoms with Gasteiger partial charge in [-0.05, 0) is 23.8 Å². The number of hydrogen-bond donors (Lipinski definition) is 1. The van der Waals surface area contributed by atoms with Gasteiger partial charge in [0.1, 0.15) is 0 Å². The Hall–Kier alpha value is -1.84.